The van der Waals surface area contributed by atoms with Gasteiger partial charge in [-0.25, -0.2) is 0 Å². The minimum absolute atomic E-state index is 0.253. The maximum atomic E-state index is 6.06. The molecule has 1 aliphatic rings. The third-order valence-corrected chi connectivity index (χ3v) is 4.46. The molecule has 0 amide bonds. The van der Waals surface area contributed by atoms with Crippen molar-refractivity contribution in [1.29, 1.82) is 0 Å². The number of hydrogen-bond acceptors (Lipinski definition) is 4. The van der Waals surface area contributed by atoms with Crippen LogP contribution in [0.25, 0.3) is 11.0 Å². The Bertz CT molecular complexity index is 578. The molecule has 20 heavy (non-hydrogen) atoms. The minimum atomic E-state index is 0.253. The molecule has 0 aliphatic carbocycles. The van der Waals surface area contributed by atoms with E-state index in [1.807, 2.05) is 18.4 Å². The van der Waals surface area contributed by atoms with Crippen molar-refractivity contribution in [2.75, 3.05) is 33.7 Å². The highest BCUT2D eigenvalue weighted by atomic mass is 16.3. The Morgan fingerprint density at radius 1 is 1.40 bits per heavy atom. The van der Waals surface area contributed by atoms with Gasteiger partial charge in [-0.15, -0.1) is 0 Å². The Balaban J connectivity index is 1.87. The van der Waals surface area contributed by atoms with Crippen LogP contribution in [0.4, 0.5) is 0 Å². The lowest BCUT2D eigenvalue weighted by Crippen LogP contribution is -2.35. The first-order valence-electron chi connectivity index (χ1n) is 7.27. The molecule has 0 saturated carbocycles. The number of furan rings is 1. The smallest absolute Gasteiger partial charge is 0.134 e. The van der Waals surface area contributed by atoms with E-state index < -0.39 is 0 Å². The number of likely N-dealkylation sites (N-methyl/N-ethyl adjacent to an activating group) is 1. The third-order valence-electron chi connectivity index (χ3n) is 4.46. The van der Waals surface area contributed by atoms with E-state index in [0.29, 0.717) is 12.6 Å². The lowest BCUT2D eigenvalue weighted by atomic mass is 10.0. The van der Waals surface area contributed by atoms with Crippen LogP contribution < -0.4 is 5.73 Å². The molecule has 108 valence electrons. The number of nitrogens with two attached hydrogens (primary N) is 1. The molecular weight excluding hydrogens is 250 g/mol. The van der Waals surface area contributed by atoms with Crippen LogP contribution >= 0.6 is 0 Å². The number of para-hydroxylation sites is 1. The molecule has 3 rings (SSSR count). The Kier molecular flexibility index (Phi) is 3.78. The molecule has 2 unspecified atom stereocenters. The molecule has 1 aromatic heterocycles. The van der Waals surface area contributed by atoms with Crippen molar-refractivity contribution in [3.8, 4) is 0 Å². The first-order chi connectivity index (χ1) is 9.70. The normalized spacial score (nSPS) is 21.9. The second-order valence-corrected chi connectivity index (χ2v) is 5.84. The van der Waals surface area contributed by atoms with Gasteiger partial charge < -0.3 is 15.1 Å². The summed E-state index contributed by atoms with van der Waals surface area (Å²) in [5.41, 5.74) is 8.23. The summed E-state index contributed by atoms with van der Waals surface area (Å²) in [5.74, 6) is 0. The average Bonchev–Trinajstić information content (AvgIpc) is 3.08. The molecule has 1 saturated heterocycles. The first-order valence-corrected chi connectivity index (χ1v) is 7.27. The molecule has 0 radical (unpaired) electrons. The van der Waals surface area contributed by atoms with Crippen molar-refractivity contribution >= 4 is 11.0 Å². The van der Waals surface area contributed by atoms with Crippen LogP contribution in [0.2, 0.25) is 0 Å². The fourth-order valence-corrected chi connectivity index (χ4v) is 3.20. The number of nitrogens with zero attached hydrogens (tertiary/aromatic N) is 2. The second kappa shape index (κ2) is 5.56. The van der Waals surface area contributed by atoms with Crippen molar-refractivity contribution in [3.63, 3.8) is 0 Å². The van der Waals surface area contributed by atoms with Crippen molar-refractivity contribution in [2.45, 2.75) is 18.5 Å². The summed E-state index contributed by atoms with van der Waals surface area (Å²) in [6, 6.07) is 9.08. The lowest BCUT2D eigenvalue weighted by Gasteiger charge is -2.27. The van der Waals surface area contributed by atoms with Crippen LogP contribution in [-0.2, 0) is 0 Å². The van der Waals surface area contributed by atoms with Crippen molar-refractivity contribution in [3.05, 3.63) is 36.1 Å². The summed E-state index contributed by atoms with van der Waals surface area (Å²) in [6.45, 7) is 2.81. The zero-order valence-corrected chi connectivity index (χ0v) is 12.2. The molecule has 1 aromatic carbocycles. The monoisotopic (exact) mass is 273 g/mol. The Hall–Kier alpha value is -1.36. The van der Waals surface area contributed by atoms with E-state index in [4.69, 9.17) is 10.2 Å². The number of likely N-dealkylation sites (tertiary alicyclic amines) is 1. The molecule has 2 N–H and O–H groups in total. The molecule has 0 spiro atoms. The Morgan fingerprint density at radius 3 is 2.90 bits per heavy atom. The predicted octanol–water partition coefficient (Wildman–Crippen LogP) is 2.07. The minimum Gasteiger partial charge on any atom is -0.464 e. The number of hydrogen-bond donors (Lipinski definition) is 1. The largest absolute Gasteiger partial charge is 0.464 e. The SMILES string of the molecule is CN(C)C1CCN(C(CN)c2coc3ccccc23)C1. The van der Waals surface area contributed by atoms with E-state index in [0.717, 1.165) is 18.7 Å². The maximum absolute atomic E-state index is 6.06. The van der Waals surface area contributed by atoms with E-state index in [9.17, 15) is 0 Å². The molecule has 2 aromatic rings. The van der Waals surface area contributed by atoms with E-state index in [1.54, 1.807) is 0 Å². The zero-order chi connectivity index (χ0) is 14.1. The van der Waals surface area contributed by atoms with E-state index in [-0.39, 0.29) is 6.04 Å². The van der Waals surface area contributed by atoms with Crippen molar-refractivity contribution in [1.82, 2.24) is 9.80 Å². The van der Waals surface area contributed by atoms with Crippen LogP contribution in [0, 0.1) is 0 Å². The van der Waals surface area contributed by atoms with Gasteiger partial charge in [0, 0.05) is 36.6 Å². The molecule has 1 fully saturated rings. The van der Waals surface area contributed by atoms with Gasteiger partial charge in [-0.3, -0.25) is 4.90 Å². The van der Waals surface area contributed by atoms with Gasteiger partial charge >= 0.3 is 0 Å². The van der Waals surface area contributed by atoms with E-state index in [2.05, 4.69) is 36.0 Å². The van der Waals surface area contributed by atoms with Gasteiger partial charge in [-0.1, -0.05) is 18.2 Å². The van der Waals surface area contributed by atoms with Crippen LogP contribution in [0.5, 0.6) is 0 Å². The summed E-state index contributed by atoms with van der Waals surface area (Å²) < 4.78 is 5.67. The quantitative estimate of drug-likeness (QED) is 0.926. The molecule has 2 heterocycles. The van der Waals surface area contributed by atoms with Gasteiger partial charge in [0.15, 0.2) is 0 Å². The van der Waals surface area contributed by atoms with Crippen LogP contribution in [0.3, 0.4) is 0 Å². The lowest BCUT2D eigenvalue weighted by molar-refractivity contribution is 0.220. The maximum Gasteiger partial charge on any atom is 0.134 e. The highest BCUT2D eigenvalue weighted by Gasteiger charge is 2.30. The molecule has 4 nitrogen and oxygen atoms in total. The third kappa shape index (κ3) is 2.35. The van der Waals surface area contributed by atoms with Gasteiger partial charge in [0.1, 0.15) is 5.58 Å². The van der Waals surface area contributed by atoms with Gasteiger partial charge in [0.2, 0.25) is 0 Å². The number of benzene rings is 1. The Labute approximate surface area is 120 Å². The summed E-state index contributed by atoms with van der Waals surface area (Å²) in [4.78, 5) is 4.79. The van der Waals surface area contributed by atoms with Crippen molar-refractivity contribution < 1.29 is 4.42 Å². The summed E-state index contributed by atoms with van der Waals surface area (Å²) in [7, 11) is 4.30. The van der Waals surface area contributed by atoms with Gasteiger partial charge in [-0.05, 0) is 26.6 Å². The fourth-order valence-electron chi connectivity index (χ4n) is 3.20. The van der Waals surface area contributed by atoms with Crippen LogP contribution in [-0.4, -0.2) is 49.6 Å². The molecule has 4 heteroatoms. The van der Waals surface area contributed by atoms with Gasteiger partial charge in [0.25, 0.3) is 0 Å². The van der Waals surface area contributed by atoms with Crippen LogP contribution in [0.1, 0.15) is 18.0 Å². The van der Waals surface area contributed by atoms with E-state index >= 15 is 0 Å². The number of rotatable bonds is 4. The molecular formula is C16H23N3O. The summed E-state index contributed by atoms with van der Waals surface area (Å²) in [6.07, 6.45) is 3.09. The fraction of sp³-hybridized carbons (Fsp3) is 0.500. The number of fused-ring (bicyclic) bond motifs is 1. The highest BCUT2D eigenvalue weighted by Crippen LogP contribution is 2.32. The van der Waals surface area contributed by atoms with Gasteiger partial charge in [-0.2, -0.15) is 0 Å². The summed E-state index contributed by atoms with van der Waals surface area (Å²) in [5, 5.41) is 1.19. The molecule has 0 bridgehead atoms. The zero-order valence-electron chi connectivity index (χ0n) is 12.2. The first kappa shape index (κ1) is 13.6. The molecule has 1 aliphatic heterocycles. The van der Waals surface area contributed by atoms with Gasteiger partial charge in [0.05, 0.1) is 12.3 Å². The predicted molar refractivity (Wildman–Crippen MR) is 81.7 cm³/mol. The highest BCUT2D eigenvalue weighted by molar-refractivity contribution is 5.81. The van der Waals surface area contributed by atoms with Crippen molar-refractivity contribution in [2.24, 2.45) is 5.73 Å². The topological polar surface area (TPSA) is 45.6 Å². The summed E-state index contributed by atoms with van der Waals surface area (Å²) >= 11 is 0. The van der Waals surface area contributed by atoms with E-state index in [1.165, 1.54) is 17.4 Å². The average molecular weight is 273 g/mol. The molecule has 2 atom stereocenters. The Morgan fingerprint density at radius 2 is 2.20 bits per heavy atom. The van der Waals surface area contributed by atoms with Crippen LogP contribution in [0.15, 0.2) is 34.9 Å². The second-order valence-electron chi connectivity index (χ2n) is 5.84. The standard InChI is InChI=1S/C16H23N3O/c1-18(2)12-7-8-19(10-12)15(9-17)14-11-20-16-6-4-3-5-13(14)16/h3-6,11-12,15H,7-10,17H2,1-2H3.